The van der Waals surface area contributed by atoms with Crippen molar-refractivity contribution in [2.24, 2.45) is 0 Å². The molecule has 0 aromatic heterocycles. The Labute approximate surface area is 161 Å². The summed E-state index contributed by atoms with van der Waals surface area (Å²) in [6, 6.07) is 8.06. The van der Waals surface area contributed by atoms with Gasteiger partial charge in [-0.1, -0.05) is 82.5 Å². The van der Waals surface area contributed by atoms with E-state index in [0.29, 0.717) is 28.6 Å². The number of phenolic OH excluding ortho intramolecular Hbond substituents is 2. The molecule has 0 heterocycles. The molecular weight excluding hydrogens is 432 g/mol. The van der Waals surface area contributed by atoms with E-state index in [4.69, 9.17) is 0 Å². The molecule has 130 valence electrons. The second-order valence-corrected chi connectivity index (χ2v) is 8.39. The van der Waals surface area contributed by atoms with Crippen LogP contribution in [0.25, 0.3) is 0 Å². The predicted octanol–water partition coefficient (Wildman–Crippen LogP) is 6.08. The highest BCUT2D eigenvalue weighted by atomic mass is 79.9. The number of hydrogen-bond acceptors (Lipinski definition) is 2. The predicted molar refractivity (Wildman–Crippen MR) is 108 cm³/mol. The molecule has 0 saturated heterocycles. The molecule has 0 saturated carbocycles. The molecule has 0 radical (unpaired) electrons. The lowest BCUT2D eigenvalue weighted by Crippen LogP contribution is -2.12. The lowest BCUT2D eigenvalue weighted by Gasteiger charge is -2.22. The Morgan fingerprint density at radius 1 is 0.792 bits per heavy atom. The van der Waals surface area contributed by atoms with E-state index in [1.165, 1.54) is 5.56 Å². The molecule has 2 aromatic carbocycles. The van der Waals surface area contributed by atoms with E-state index in [9.17, 15) is 10.2 Å². The molecule has 0 aliphatic heterocycles. The Hall–Kier alpha value is -1.00. The molecule has 2 aromatic rings. The molecular formula is C20H24Br2O2. The van der Waals surface area contributed by atoms with Crippen molar-refractivity contribution in [3.05, 3.63) is 57.6 Å². The topological polar surface area (TPSA) is 40.5 Å². The summed E-state index contributed by atoms with van der Waals surface area (Å²) in [5.74, 6) is 0.611. The van der Waals surface area contributed by atoms with Crippen LogP contribution in [-0.4, -0.2) is 10.2 Å². The maximum absolute atomic E-state index is 10.6. The number of rotatable bonds is 4. The zero-order valence-corrected chi connectivity index (χ0v) is 17.8. The maximum atomic E-state index is 10.6. The van der Waals surface area contributed by atoms with Crippen LogP contribution in [0.1, 0.15) is 54.2 Å². The first-order chi connectivity index (χ1) is 11.2. The zero-order valence-electron chi connectivity index (χ0n) is 14.6. The van der Waals surface area contributed by atoms with Crippen LogP contribution in [0.5, 0.6) is 11.5 Å². The fraction of sp³-hybridized carbons (Fsp3) is 0.400. The molecule has 2 rings (SSSR count). The standard InChI is InChI=1S/C20H24Br2O2/c1-12-5-13(18(23)15(6-12)10-21)7-14-8-17(20(2,3)4)9-16(11-22)19(14)24/h5-6,8-9,23-24H,7,10-11H2,1-4H3. The molecule has 0 spiro atoms. The molecule has 0 aliphatic carbocycles. The number of alkyl halides is 2. The third-order valence-corrected chi connectivity index (χ3v) is 5.42. The van der Waals surface area contributed by atoms with E-state index in [0.717, 1.165) is 27.8 Å². The molecule has 0 aliphatic rings. The zero-order chi connectivity index (χ0) is 18.1. The quantitative estimate of drug-likeness (QED) is 0.548. The van der Waals surface area contributed by atoms with Crippen molar-refractivity contribution in [3.8, 4) is 11.5 Å². The van der Waals surface area contributed by atoms with Gasteiger partial charge < -0.3 is 10.2 Å². The average Bonchev–Trinajstić information content (AvgIpc) is 2.51. The summed E-state index contributed by atoms with van der Waals surface area (Å²) < 4.78 is 0. The van der Waals surface area contributed by atoms with Gasteiger partial charge in [0.1, 0.15) is 11.5 Å². The van der Waals surface area contributed by atoms with Crippen LogP contribution < -0.4 is 0 Å². The van der Waals surface area contributed by atoms with Gasteiger partial charge in [0.05, 0.1) is 0 Å². The van der Waals surface area contributed by atoms with Gasteiger partial charge >= 0.3 is 0 Å². The van der Waals surface area contributed by atoms with Crippen LogP contribution in [0, 0.1) is 6.92 Å². The third-order valence-electron chi connectivity index (χ3n) is 4.21. The minimum atomic E-state index is -0.00492. The molecule has 0 atom stereocenters. The molecule has 2 N–H and O–H groups in total. The van der Waals surface area contributed by atoms with Crippen LogP contribution in [0.15, 0.2) is 24.3 Å². The van der Waals surface area contributed by atoms with E-state index >= 15 is 0 Å². The van der Waals surface area contributed by atoms with E-state index in [1.807, 2.05) is 25.1 Å². The fourth-order valence-corrected chi connectivity index (χ4v) is 3.66. The largest absolute Gasteiger partial charge is 0.507 e. The van der Waals surface area contributed by atoms with Gasteiger partial charge in [-0.05, 0) is 29.0 Å². The van der Waals surface area contributed by atoms with E-state index in [1.54, 1.807) is 0 Å². The summed E-state index contributed by atoms with van der Waals surface area (Å²) in [5, 5.41) is 22.3. The second-order valence-electron chi connectivity index (χ2n) is 7.27. The number of halogens is 2. The van der Waals surface area contributed by atoms with Crippen LogP contribution in [0.4, 0.5) is 0 Å². The van der Waals surface area contributed by atoms with Crippen LogP contribution >= 0.6 is 31.9 Å². The van der Waals surface area contributed by atoms with Crippen LogP contribution in [-0.2, 0) is 22.5 Å². The van der Waals surface area contributed by atoms with Crippen LogP contribution in [0.3, 0.4) is 0 Å². The summed E-state index contributed by atoms with van der Waals surface area (Å²) >= 11 is 6.88. The molecule has 2 nitrogen and oxygen atoms in total. The van der Waals surface area contributed by atoms with Gasteiger partial charge in [0.2, 0.25) is 0 Å². The smallest absolute Gasteiger partial charge is 0.123 e. The first-order valence-corrected chi connectivity index (χ1v) is 10.2. The Bertz CT molecular complexity index is 746. The molecule has 4 heteroatoms. The fourth-order valence-electron chi connectivity index (χ4n) is 2.81. The summed E-state index contributed by atoms with van der Waals surface area (Å²) in [6.45, 7) is 8.50. The van der Waals surface area contributed by atoms with Crippen LogP contribution in [0.2, 0.25) is 0 Å². The lowest BCUT2D eigenvalue weighted by molar-refractivity contribution is 0.457. The van der Waals surface area contributed by atoms with Gasteiger partial charge in [-0.25, -0.2) is 0 Å². The second kappa shape index (κ2) is 7.49. The number of aryl methyl sites for hydroxylation is 1. The number of hydrogen-bond donors (Lipinski definition) is 2. The Morgan fingerprint density at radius 3 is 1.71 bits per heavy atom. The van der Waals surface area contributed by atoms with Gasteiger partial charge in [-0.15, -0.1) is 0 Å². The highest BCUT2D eigenvalue weighted by Gasteiger charge is 2.19. The van der Waals surface area contributed by atoms with Crippen molar-refractivity contribution in [2.45, 2.75) is 50.2 Å². The normalized spacial score (nSPS) is 11.8. The van der Waals surface area contributed by atoms with Gasteiger partial charge in [0, 0.05) is 28.2 Å². The van der Waals surface area contributed by atoms with E-state index in [2.05, 4.69) is 58.7 Å². The number of phenols is 2. The van der Waals surface area contributed by atoms with Crippen molar-refractivity contribution in [2.75, 3.05) is 0 Å². The molecule has 0 unspecified atom stereocenters. The highest BCUT2D eigenvalue weighted by Crippen LogP contribution is 2.36. The van der Waals surface area contributed by atoms with Gasteiger partial charge in [0.25, 0.3) is 0 Å². The monoisotopic (exact) mass is 454 g/mol. The van der Waals surface area contributed by atoms with Gasteiger partial charge in [-0.2, -0.15) is 0 Å². The first kappa shape index (κ1) is 19.3. The Kier molecular flexibility index (Phi) is 6.03. The minimum Gasteiger partial charge on any atom is -0.507 e. The first-order valence-electron chi connectivity index (χ1n) is 7.96. The van der Waals surface area contributed by atoms with E-state index in [-0.39, 0.29) is 5.41 Å². The van der Waals surface area contributed by atoms with E-state index < -0.39 is 0 Å². The Balaban J connectivity index is 2.56. The van der Waals surface area contributed by atoms with Crippen molar-refractivity contribution >= 4 is 31.9 Å². The summed E-state index contributed by atoms with van der Waals surface area (Å²) in [5.41, 5.74) is 5.71. The Morgan fingerprint density at radius 2 is 1.21 bits per heavy atom. The lowest BCUT2D eigenvalue weighted by atomic mass is 9.84. The summed E-state index contributed by atoms with van der Waals surface area (Å²) in [7, 11) is 0. The molecule has 0 bridgehead atoms. The maximum Gasteiger partial charge on any atom is 0.123 e. The number of benzene rings is 2. The SMILES string of the molecule is Cc1cc(CBr)c(O)c(Cc2cc(C(C)(C)C)cc(CBr)c2O)c1. The van der Waals surface area contributed by atoms with Crippen molar-refractivity contribution < 1.29 is 10.2 Å². The minimum absolute atomic E-state index is 0.00492. The molecule has 24 heavy (non-hydrogen) atoms. The molecule has 0 amide bonds. The number of aromatic hydroxyl groups is 2. The van der Waals surface area contributed by atoms with Crippen molar-refractivity contribution in [3.63, 3.8) is 0 Å². The summed E-state index contributed by atoms with van der Waals surface area (Å²) in [4.78, 5) is 0. The van der Waals surface area contributed by atoms with Gasteiger partial charge in [-0.3, -0.25) is 0 Å². The van der Waals surface area contributed by atoms with Crippen molar-refractivity contribution in [1.82, 2.24) is 0 Å². The van der Waals surface area contributed by atoms with Gasteiger partial charge in [0.15, 0.2) is 0 Å². The van der Waals surface area contributed by atoms with Crippen molar-refractivity contribution in [1.29, 1.82) is 0 Å². The molecule has 0 fully saturated rings. The summed E-state index contributed by atoms with van der Waals surface area (Å²) in [6.07, 6.45) is 0.503. The third kappa shape index (κ3) is 4.15. The average molecular weight is 456 g/mol. The highest BCUT2D eigenvalue weighted by molar-refractivity contribution is 9.08.